The first-order valence-corrected chi connectivity index (χ1v) is 6.56. The Bertz CT molecular complexity index is 406. The van der Waals surface area contributed by atoms with Crippen LogP contribution < -0.4 is 0 Å². The molecule has 0 unspecified atom stereocenters. The molecule has 1 aromatic rings. The van der Waals surface area contributed by atoms with Gasteiger partial charge in [0.15, 0.2) is 0 Å². The maximum atomic E-state index is 10.6. The Labute approximate surface area is 108 Å². The Morgan fingerprint density at radius 3 is 2.22 bits per heavy atom. The zero-order valence-corrected chi connectivity index (χ0v) is 11.0. The highest BCUT2D eigenvalue weighted by Crippen LogP contribution is 2.29. The molecule has 0 aromatic heterocycles. The van der Waals surface area contributed by atoms with Gasteiger partial charge < -0.3 is 4.90 Å². The van der Waals surface area contributed by atoms with Gasteiger partial charge in [-0.3, -0.25) is 10.1 Å². The van der Waals surface area contributed by atoms with E-state index in [1.54, 1.807) is 12.1 Å². The van der Waals surface area contributed by atoms with Gasteiger partial charge in [-0.25, -0.2) is 0 Å². The minimum Gasteiger partial charge on any atom is -0.301 e. The van der Waals surface area contributed by atoms with Gasteiger partial charge in [0.05, 0.1) is 4.92 Å². The van der Waals surface area contributed by atoms with Crippen LogP contribution in [-0.2, 0) is 0 Å². The van der Waals surface area contributed by atoms with E-state index in [0.29, 0.717) is 12.0 Å². The number of nitrogens with zero attached hydrogens (tertiary/aromatic N) is 2. The molecular formula is C14H20N2O2. The molecule has 4 nitrogen and oxygen atoms in total. The third-order valence-electron chi connectivity index (χ3n) is 3.84. The Kier molecular flexibility index (Phi) is 3.97. The second-order valence-corrected chi connectivity index (χ2v) is 5.25. The summed E-state index contributed by atoms with van der Waals surface area (Å²) < 4.78 is 0. The number of hydrogen-bond acceptors (Lipinski definition) is 3. The Morgan fingerprint density at radius 1 is 1.22 bits per heavy atom. The van der Waals surface area contributed by atoms with Gasteiger partial charge in [-0.15, -0.1) is 0 Å². The molecule has 0 atom stereocenters. The lowest BCUT2D eigenvalue weighted by Gasteiger charge is -2.34. The zero-order chi connectivity index (χ0) is 13.1. The molecule has 0 aliphatic carbocycles. The van der Waals surface area contributed by atoms with E-state index in [1.807, 2.05) is 12.1 Å². The lowest BCUT2D eigenvalue weighted by Crippen LogP contribution is -2.37. The van der Waals surface area contributed by atoms with Gasteiger partial charge in [0.25, 0.3) is 5.69 Å². The van der Waals surface area contributed by atoms with Gasteiger partial charge in [-0.05, 0) is 51.3 Å². The highest BCUT2D eigenvalue weighted by atomic mass is 16.6. The van der Waals surface area contributed by atoms with Crippen molar-refractivity contribution in [3.8, 4) is 0 Å². The predicted octanol–water partition coefficient (Wildman–Crippen LogP) is 3.18. The number of rotatable bonds is 3. The summed E-state index contributed by atoms with van der Waals surface area (Å²) >= 11 is 0. The van der Waals surface area contributed by atoms with E-state index in [4.69, 9.17) is 0 Å². The van der Waals surface area contributed by atoms with Gasteiger partial charge in [0.2, 0.25) is 0 Å². The first-order chi connectivity index (χ1) is 8.58. The number of non-ortho nitro benzene ring substituents is 1. The van der Waals surface area contributed by atoms with Crippen molar-refractivity contribution in [2.75, 3.05) is 13.1 Å². The number of benzene rings is 1. The SMILES string of the molecule is CC(C)N1CCC(c2ccc([N+](=O)[O-])cc2)CC1. The maximum absolute atomic E-state index is 10.6. The maximum Gasteiger partial charge on any atom is 0.269 e. The van der Waals surface area contributed by atoms with Gasteiger partial charge in [0, 0.05) is 18.2 Å². The summed E-state index contributed by atoms with van der Waals surface area (Å²) in [4.78, 5) is 12.8. The predicted molar refractivity (Wildman–Crippen MR) is 71.8 cm³/mol. The number of likely N-dealkylation sites (tertiary alicyclic amines) is 1. The fourth-order valence-corrected chi connectivity index (χ4v) is 2.62. The number of nitro groups is 1. The van der Waals surface area contributed by atoms with Crippen molar-refractivity contribution >= 4 is 5.69 Å². The molecule has 0 amide bonds. The van der Waals surface area contributed by atoms with Gasteiger partial charge >= 0.3 is 0 Å². The lowest BCUT2D eigenvalue weighted by atomic mass is 9.89. The van der Waals surface area contributed by atoms with Crippen molar-refractivity contribution in [2.24, 2.45) is 0 Å². The molecule has 18 heavy (non-hydrogen) atoms. The minimum atomic E-state index is -0.342. The summed E-state index contributed by atoms with van der Waals surface area (Å²) in [6.07, 6.45) is 2.30. The van der Waals surface area contributed by atoms with Crippen LogP contribution in [-0.4, -0.2) is 29.0 Å². The van der Waals surface area contributed by atoms with E-state index in [-0.39, 0.29) is 10.6 Å². The molecule has 0 N–H and O–H groups in total. The molecular weight excluding hydrogens is 228 g/mol. The fourth-order valence-electron chi connectivity index (χ4n) is 2.62. The zero-order valence-electron chi connectivity index (χ0n) is 11.0. The molecule has 1 heterocycles. The van der Waals surface area contributed by atoms with Crippen LogP contribution in [0.2, 0.25) is 0 Å². The van der Waals surface area contributed by atoms with Crippen LogP contribution in [0, 0.1) is 10.1 Å². The molecule has 2 rings (SSSR count). The molecule has 1 saturated heterocycles. The topological polar surface area (TPSA) is 46.4 Å². The lowest BCUT2D eigenvalue weighted by molar-refractivity contribution is -0.384. The highest BCUT2D eigenvalue weighted by molar-refractivity contribution is 5.34. The first kappa shape index (κ1) is 13.0. The van der Waals surface area contributed by atoms with E-state index >= 15 is 0 Å². The minimum absolute atomic E-state index is 0.179. The monoisotopic (exact) mass is 248 g/mol. The third-order valence-corrected chi connectivity index (χ3v) is 3.84. The molecule has 0 radical (unpaired) electrons. The summed E-state index contributed by atoms with van der Waals surface area (Å²) in [5.41, 5.74) is 1.42. The van der Waals surface area contributed by atoms with Crippen LogP contribution in [0.3, 0.4) is 0 Å². The van der Waals surface area contributed by atoms with Gasteiger partial charge in [0.1, 0.15) is 0 Å². The number of piperidine rings is 1. The quantitative estimate of drug-likeness (QED) is 0.609. The van der Waals surface area contributed by atoms with E-state index < -0.39 is 0 Å². The van der Waals surface area contributed by atoms with E-state index in [2.05, 4.69) is 18.7 Å². The average Bonchev–Trinajstić information content (AvgIpc) is 2.39. The molecule has 0 saturated carbocycles. The highest BCUT2D eigenvalue weighted by Gasteiger charge is 2.22. The van der Waals surface area contributed by atoms with Crippen LogP contribution in [0.4, 0.5) is 5.69 Å². The van der Waals surface area contributed by atoms with Crippen LogP contribution in [0.25, 0.3) is 0 Å². The molecule has 1 fully saturated rings. The first-order valence-electron chi connectivity index (χ1n) is 6.56. The standard InChI is InChI=1S/C14H20N2O2/c1-11(2)15-9-7-13(8-10-15)12-3-5-14(6-4-12)16(17)18/h3-6,11,13H,7-10H2,1-2H3. The van der Waals surface area contributed by atoms with Crippen LogP contribution >= 0.6 is 0 Å². The number of nitro benzene ring substituents is 1. The summed E-state index contributed by atoms with van der Waals surface area (Å²) in [5.74, 6) is 0.556. The van der Waals surface area contributed by atoms with E-state index in [1.165, 1.54) is 5.56 Å². The van der Waals surface area contributed by atoms with Crippen LogP contribution in [0.15, 0.2) is 24.3 Å². The molecule has 0 spiro atoms. The fraction of sp³-hybridized carbons (Fsp3) is 0.571. The molecule has 98 valence electrons. The van der Waals surface area contributed by atoms with Gasteiger partial charge in [-0.1, -0.05) is 12.1 Å². The smallest absolute Gasteiger partial charge is 0.269 e. The molecule has 1 aliphatic rings. The summed E-state index contributed by atoms with van der Waals surface area (Å²) in [6.45, 7) is 6.71. The number of hydrogen-bond donors (Lipinski definition) is 0. The second-order valence-electron chi connectivity index (χ2n) is 5.25. The summed E-state index contributed by atoms with van der Waals surface area (Å²) in [7, 11) is 0. The molecule has 1 aliphatic heterocycles. The van der Waals surface area contributed by atoms with Crippen molar-refractivity contribution in [2.45, 2.75) is 38.6 Å². The Balaban J connectivity index is 1.99. The van der Waals surface area contributed by atoms with Crippen LogP contribution in [0.1, 0.15) is 38.2 Å². The average molecular weight is 248 g/mol. The molecule has 0 bridgehead atoms. The summed E-state index contributed by atoms with van der Waals surface area (Å²) in [6, 6.07) is 7.67. The van der Waals surface area contributed by atoms with Crippen molar-refractivity contribution in [3.63, 3.8) is 0 Å². The van der Waals surface area contributed by atoms with Crippen molar-refractivity contribution < 1.29 is 4.92 Å². The largest absolute Gasteiger partial charge is 0.301 e. The third kappa shape index (κ3) is 2.88. The Morgan fingerprint density at radius 2 is 1.78 bits per heavy atom. The Hall–Kier alpha value is -1.42. The van der Waals surface area contributed by atoms with Crippen molar-refractivity contribution in [1.29, 1.82) is 0 Å². The van der Waals surface area contributed by atoms with Crippen LogP contribution in [0.5, 0.6) is 0 Å². The second kappa shape index (κ2) is 5.48. The summed E-state index contributed by atoms with van der Waals surface area (Å²) in [5, 5.41) is 10.6. The molecule has 1 aromatic carbocycles. The van der Waals surface area contributed by atoms with Crippen molar-refractivity contribution in [3.05, 3.63) is 39.9 Å². The molecule has 4 heteroatoms. The van der Waals surface area contributed by atoms with E-state index in [0.717, 1.165) is 25.9 Å². The van der Waals surface area contributed by atoms with Crippen molar-refractivity contribution in [1.82, 2.24) is 4.90 Å². The van der Waals surface area contributed by atoms with E-state index in [9.17, 15) is 10.1 Å². The van der Waals surface area contributed by atoms with Gasteiger partial charge in [-0.2, -0.15) is 0 Å². The normalized spacial score (nSPS) is 18.2.